The summed E-state index contributed by atoms with van der Waals surface area (Å²) < 4.78 is 29.5. The third kappa shape index (κ3) is 6.25. The Morgan fingerprint density at radius 1 is 0.789 bits per heavy atom. The highest BCUT2D eigenvalue weighted by molar-refractivity contribution is 6.10. The molecule has 9 bridgehead atoms. The van der Waals surface area contributed by atoms with Crippen molar-refractivity contribution in [2.75, 3.05) is 7.11 Å². The summed E-state index contributed by atoms with van der Waals surface area (Å²) in [6, 6.07) is 17.0. The minimum absolute atomic E-state index is 0.0274. The first-order valence-electron chi connectivity index (χ1n) is 20.7. The van der Waals surface area contributed by atoms with E-state index in [-0.39, 0.29) is 57.7 Å². The van der Waals surface area contributed by atoms with Crippen LogP contribution in [-0.4, -0.2) is 47.8 Å². The Bertz CT molecular complexity index is 2270. The van der Waals surface area contributed by atoms with Crippen LogP contribution < -0.4 is 9.47 Å². The lowest BCUT2D eigenvalue weighted by Gasteiger charge is -2.62. The summed E-state index contributed by atoms with van der Waals surface area (Å²) >= 11 is 0. The molecule has 0 unspecified atom stereocenters. The van der Waals surface area contributed by atoms with Gasteiger partial charge in [-0.25, -0.2) is 9.59 Å². The van der Waals surface area contributed by atoms with E-state index in [0.29, 0.717) is 71.3 Å². The van der Waals surface area contributed by atoms with Gasteiger partial charge in [-0.3, -0.25) is 4.79 Å². The SMILES string of the molecule is COC(=O)CC[C@@H](C)[C@H]1CC[C@H]2[C@@H]3CC[C@@H]4C[C@H]5CC[C@]4(C)[C@H]3C[C@H](OC(=O)Oc3ccc4ccc(O)c(c4c3)-c3c(O)ccc4ccc(cc34)OC(=O)O5)[C@]12C. The number of benzene rings is 4. The number of carbonyl (C=O) groups excluding carboxylic acids is 3. The summed E-state index contributed by atoms with van der Waals surface area (Å²) in [6.45, 7) is 6.95. The number of esters is 1. The van der Waals surface area contributed by atoms with Gasteiger partial charge < -0.3 is 33.9 Å². The van der Waals surface area contributed by atoms with Gasteiger partial charge in [-0.1, -0.05) is 45.0 Å². The molecule has 10 atom stereocenters. The van der Waals surface area contributed by atoms with Crippen molar-refractivity contribution in [2.24, 2.45) is 46.3 Å². The van der Waals surface area contributed by atoms with Gasteiger partial charge in [-0.05, 0) is 157 Å². The van der Waals surface area contributed by atoms with Crippen LogP contribution in [0.1, 0.15) is 85.0 Å². The van der Waals surface area contributed by atoms with Crippen LogP contribution in [-0.2, 0) is 19.0 Å². The number of methoxy groups -OCH3 is 1. The number of fused-ring (bicyclic) bond motifs is 7. The zero-order chi connectivity index (χ0) is 39.8. The van der Waals surface area contributed by atoms with E-state index in [1.54, 1.807) is 60.7 Å². The molecule has 10 nitrogen and oxygen atoms in total. The highest BCUT2D eigenvalue weighted by Crippen LogP contribution is 2.69. The zero-order valence-corrected chi connectivity index (χ0v) is 33.1. The van der Waals surface area contributed by atoms with Crippen molar-refractivity contribution in [1.29, 1.82) is 0 Å². The average molecular weight is 777 g/mol. The summed E-state index contributed by atoms with van der Waals surface area (Å²) in [5, 5.41) is 25.4. The van der Waals surface area contributed by atoms with Crippen LogP contribution in [0.2, 0.25) is 0 Å². The number of phenols is 2. The van der Waals surface area contributed by atoms with E-state index in [1.807, 2.05) is 0 Å². The minimum Gasteiger partial charge on any atom is -0.507 e. The topological polar surface area (TPSA) is 138 Å². The molecule has 4 aromatic rings. The molecule has 10 heteroatoms. The Balaban J connectivity index is 1.15. The number of rotatable bonds is 4. The maximum atomic E-state index is 14.2. The monoisotopic (exact) mass is 776 g/mol. The summed E-state index contributed by atoms with van der Waals surface area (Å²) in [4.78, 5) is 39.8. The predicted molar refractivity (Wildman–Crippen MR) is 213 cm³/mol. The lowest BCUT2D eigenvalue weighted by molar-refractivity contribution is -0.178. The highest BCUT2D eigenvalue weighted by Gasteiger charge is 2.65. The Morgan fingerprint density at radius 2 is 1.40 bits per heavy atom. The lowest BCUT2D eigenvalue weighted by atomic mass is 9.43. The van der Waals surface area contributed by atoms with Crippen LogP contribution in [0.5, 0.6) is 23.0 Å². The second kappa shape index (κ2) is 14.1. The van der Waals surface area contributed by atoms with E-state index in [2.05, 4.69) is 20.8 Å². The molecule has 57 heavy (non-hydrogen) atoms. The zero-order valence-electron chi connectivity index (χ0n) is 33.1. The number of phenolic OH excluding ortho intramolecular Hbond substituents is 2. The highest BCUT2D eigenvalue weighted by atomic mass is 16.7. The molecule has 4 fully saturated rings. The average Bonchev–Trinajstić information content (AvgIpc) is 3.55. The van der Waals surface area contributed by atoms with Crippen LogP contribution in [0.25, 0.3) is 32.7 Å². The Kier molecular flexibility index (Phi) is 9.32. The van der Waals surface area contributed by atoms with Gasteiger partial charge in [0, 0.05) is 23.0 Å². The molecule has 2 aliphatic heterocycles. The van der Waals surface area contributed by atoms with Gasteiger partial charge in [-0.15, -0.1) is 0 Å². The smallest absolute Gasteiger partial charge is 0.507 e. The van der Waals surface area contributed by atoms with Crippen molar-refractivity contribution >= 4 is 39.8 Å². The molecule has 4 aliphatic carbocycles. The third-order valence-electron chi connectivity index (χ3n) is 15.6. The van der Waals surface area contributed by atoms with Crippen LogP contribution in [0.3, 0.4) is 0 Å². The van der Waals surface area contributed by atoms with Crippen molar-refractivity contribution < 1.29 is 48.3 Å². The van der Waals surface area contributed by atoms with E-state index in [0.717, 1.165) is 49.3 Å². The Labute approximate surface area is 332 Å². The van der Waals surface area contributed by atoms with Crippen LogP contribution in [0.4, 0.5) is 9.59 Å². The van der Waals surface area contributed by atoms with Gasteiger partial charge in [-0.2, -0.15) is 0 Å². The second-order valence-corrected chi connectivity index (χ2v) is 18.0. The van der Waals surface area contributed by atoms with Crippen molar-refractivity contribution in [3.63, 3.8) is 0 Å². The molecule has 2 N–H and O–H groups in total. The minimum atomic E-state index is -0.777. The molecule has 300 valence electrons. The van der Waals surface area contributed by atoms with Crippen molar-refractivity contribution in [3.05, 3.63) is 60.7 Å². The van der Waals surface area contributed by atoms with Crippen LogP contribution in [0, 0.1) is 46.3 Å². The van der Waals surface area contributed by atoms with Crippen LogP contribution >= 0.6 is 0 Å². The number of ether oxygens (including phenoxy) is 5. The Morgan fingerprint density at radius 3 is 2.04 bits per heavy atom. The van der Waals surface area contributed by atoms with E-state index in [1.165, 1.54) is 7.11 Å². The fourth-order valence-corrected chi connectivity index (χ4v) is 12.8. The fraction of sp³-hybridized carbons (Fsp3) is 0.511. The molecule has 0 radical (unpaired) electrons. The maximum absolute atomic E-state index is 14.2. The van der Waals surface area contributed by atoms with Gasteiger partial charge in [0.15, 0.2) is 0 Å². The standard InChI is InChI=1S/C47H52O10/c1-25(5-18-41(50)53-4)35-14-15-36-32-13-10-28-21-31-19-20-46(28,2)37(32)24-40(47(35,36)3)57-45(52)55-30-12-7-27-9-17-39(49)43(34(27)23-30)42-33-22-29(54-44(51)56-31)11-6-26(33)8-16-38(42)48/h6-9,11-12,16-17,22-23,25,28,31-32,35-37,40,48-49H,5,10,13-15,18-21,24H2,1-4H3/t25-,28-,31-,32+,35-,36+,37+,40+,46+,47-/m1/s1. The summed E-state index contributed by atoms with van der Waals surface area (Å²) in [5.74, 6) is 1.99. The number of hydrogen-bond donors (Lipinski definition) is 2. The summed E-state index contributed by atoms with van der Waals surface area (Å²) in [5.41, 5.74) is 0.314. The number of hydrogen-bond acceptors (Lipinski definition) is 10. The normalized spacial score (nSPS) is 32.5. The number of aromatic hydroxyl groups is 2. The molecule has 6 aliphatic rings. The molecule has 0 saturated heterocycles. The first-order chi connectivity index (χ1) is 27.4. The Hall–Kier alpha value is -4.99. The van der Waals surface area contributed by atoms with E-state index >= 15 is 0 Å². The predicted octanol–water partition coefficient (Wildman–Crippen LogP) is 10.7. The largest absolute Gasteiger partial charge is 0.514 e. The third-order valence-corrected chi connectivity index (χ3v) is 15.6. The van der Waals surface area contributed by atoms with Crippen molar-refractivity contribution in [3.8, 4) is 34.1 Å². The lowest BCUT2D eigenvalue weighted by Crippen LogP contribution is -2.59. The molecule has 0 amide bonds. The quantitative estimate of drug-likeness (QED) is 0.117. The van der Waals surface area contributed by atoms with Crippen molar-refractivity contribution in [2.45, 2.75) is 97.2 Å². The van der Waals surface area contributed by atoms with Crippen molar-refractivity contribution in [1.82, 2.24) is 0 Å². The van der Waals surface area contributed by atoms with Gasteiger partial charge >= 0.3 is 18.3 Å². The molecule has 10 rings (SSSR count). The van der Waals surface area contributed by atoms with E-state index in [9.17, 15) is 24.6 Å². The molecule has 0 aromatic heterocycles. The fourth-order valence-electron chi connectivity index (χ4n) is 12.8. The molecule has 2 heterocycles. The van der Waals surface area contributed by atoms with Gasteiger partial charge in [0.1, 0.15) is 35.2 Å². The van der Waals surface area contributed by atoms with Gasteiger partial charge in [0.05, 0.1) is 7.11 Å². The molecule has 0 spiro atoms. The summed E-state index contributed by atoms with van der Waals surface area (Å²) in [7, 11) is 1.43. The summed E-state index contributed by atoms with van der Waals surface area (Å²) in [6.07, 6.45) is 6.00. The molecular formula is C47H52O10. The molecule has 4 aromatic carbocycles. The van der Waals surface area contributed by atoms with Crippen LogP contribution in [0.15, 0.2) is 60.7 Å². The molecule has 4 saturated carbocycles. The molecular weight excluding hydrogens is 725 g/mol. The number of carbonyl (C=O) groups is 3. The van der Waals surface area contributed by atoms with Gasteiger partial charge in [0.25, 0.3) is 0 Å². The first-order valence-corrected chi connectivity index (χ1v) is 20.7. The first kappa shape index (κ1) is 37.6. The second-order valence-electron chi connectivity index (χ2n) is 18.0. The van der Waals surface area contributed by atoms with E-state index < -0.39 is 18.4 Å². The van der Waals surface area contributed by atoms with Gasteiger partial charge in [0.2, 0.25) is 0 Å². The maximum Gasteiger partial charge on any atom is 0.514 e. The van der Waals surface area contributed by atoms with E-state index in [4.69, 9.17) is 23.7 Å².